The molecule has 0 saturated carbocycles. The zero-order valence-electron chi connectivity index (χ0n) is 10.0. The predicted octanol–water partition coefficient (Wildman–Crippen LogP) is 0.173. The van der Waals surface area contributed by atoms with Crippen molar-refractivity contribution in [2.45, 2.75) is 25.3 Å². The van der Waals surface area contributed by atoms with Gasteiger partial charge in [0.15, 0.2) is 0 Å². The van der Waals surface area contributed by atoms with E-state index in [0.29, 0.717) is 6.42 Å². The number of carbonyl (C=O) groups excluding carboxylic acids is 3. The highest BCUT2D eigenvalue weighted by molar-refractivity contribution is 5.88. The lowest BCUT2D eigenvalue weighted by Crippen LogP contribution is -2.43. The summed E-state index contributed by atoms with van der Waals surface area (Å²) in [7, 11) is 2.39. The highest BCUT2D eigenvalue weighted by Gasteiger charge is 2.24. The Labute approximate surface area is 100.0 Å². The fraction of sp³-hybridized carbons (Fsp3) is 0.545. The quantitative estimate of drug-likeness (QED) is 0.509. The Morgan fingerprint density at radius 1 is 1.29 bits per heavy atom. The molecular weight excluding hydrogens is 226 g/mol. The highest BCUT2D eigenvalue weighted by Crippen LogP contribution is 1.99. The van der Waals surface area contributed by atoms with Gasteiger partial charge >= 0.3 is 11.9 Å². The molecule has 6 nitrogen and oxygen atoms in total. The van der Waals surface area contributed by atoms with Crippen molar-refractivity contribution in [3.05, 3.63) is 12.7 Å². The summed E-state index contributed by atoms with van der Waals surface area (Å²) in [4.78, 5) is 33.7. The van der Waals surface area contributed by atoms with Crippen molar-refractivity contribution in [3.63, 3.8) is 0 Å². The summed E-state index contributed by atoms with van der Waals surface area (Å²) in [6.45, 7) is 3.48. The van der Waals surface area contributed by atoms with E-state index in [1.54, 1.807) is 6.08 Å². The maximum atomic E-state index is 11.4. The van der Waals surface area contributed by atoms with E-state index in [2.05, 4.69) is 21.4 Å². The van der Waals surface area contributed by atoms with Crippen molar-refractivity contribution in [2.24, 2.45) is 0 Å². The summed E-state index contributed by atoms with van der Waals surface area (Å²) in [5, 5.41) is 2.41. The molecule has 1 N–H and O–H groups in total. The third-order valence-corrected chi connectivity index (χ3v) is 1.99. The summed E-state index contributed by atoms with van der Waals surface area (Å²) in [5.74, 6) is -1.61. The maximum Gasteiger partial charge on any atom is 0.328 e. The molecule has 0 aromatic rings. The standard InChI is InChI=1S/C11H17NO5/c1-4-5-6-9(13)12-8(11(15)17-3)7-10(14)16-2/h4,8H,1,5-7H2,2-3H3,(H,12,13)/t8-/m0/s1. The third kappa shape index (κ3) is 6.34. The molecule has 0 aliphatic carbocycles. The van der Waals surface area contributed by atoms with E-state index in [0.717, 1.165) is 0 Å². The number of rotatable bonds is 7. The molecule has 0 bridgehead atoms. The van der Waals surface area contributed by atoms with Gasteiger partial charge in [0.1, 0.15) is 6.04 Å². The molecule has 0 aromatic heterocycles. The molecule has 96 valence electrons. The smallest absolute Gasteiger partial charge is 0.328 e. The van der Waals surface area contributed by atoms with Crippen molar-refractivity contribution in [1.29, 1.82) is 0 Å². The Kier molecular flexibility index (Phi) is 7.41. The van der Waals surface area contributed by atoms with Gasteiger partial charge in [-0.3, -0.25) is 9.59 Å². The van der Waals surface area contributed by atoms with Crippen molar-refractivity contribution in [1.82, 2.24) is 5.32 Å². The molecule has 1 atom stereocenters. The second kappa shape index (κ2) is 8.32. The van der Waals surface area contributed by atoms with E-state index in [-0.39, 0.29) is 18.7 Å². The fourth-order valence-electron chi connectivity index (χ4n) is 1.09. The summed E-state index contributed by atoms with van der Waals surface area (Å²) >= 11 is 0. The van der Waals surface area contributed by atoms with Crippen LogP contribution in [0.25, 0.3) is 0 Å². The van der Waals surface area contributed by atoms with Gasteiger partial charge in [-0.2, -0.15) is 0 Å². The van der Waals surface area contributed by atoms with Crippen LogP contribution in [-0.4, -0.2) is 38.1 Å². The van der Waals surface area contributed by atoms with Gasteiger partial charge in [-0.15, -0.1) is 6.58 Å². The first-order valence-electron chi connectivity index (χ1n) is 5.10. The number of carbonyl (C=O) groups is 3. The zero-order valence-corrected chi connectivity index (χ0v) is 10.0. The van der Waals surface area contributed by atoms with Gasteiger partial charge in [-0.1, -0.05) is 6.08 Å². The van der Waals surface area contributed by atoms with Crippen LogP contribution in [0.2, 0.25) is 0 Å². The van der Waals surface area contributed by atoms with Gasteiger partial charge in [-0.25, -0.2) is 4.79 Å². The number of amides is 1. The topological polar surface area (TPSA) is 81.7 Å². The van der Waals surface area contributed by atoms with E-state index in [9.17, 15) is 14.4 Å². The van der Waals surface area contributed by atoms with Gasteiger partial charge in [0.25, 0.3) is 0 Å². The average molecular weight is 243 g/mol. The van der Waals surface area contributed by atoms with Crippen LogP contribution in [-0.2, 0) is 23.9 Å². The maximum absolute atomic E-state index is 11.4. The van der Waals surface area contributed by atoms with Gasteiger partial charge in [0.2, 0.25) is 5.91 Å². The molecule has 0 radical (unpaired) electrons. The van der Waals surface area contributed by atoms with Crippen LogP contribution in [0.5, 0.6) is 0 Å². The first-order valence-corrected chi connectivity index (χ1v) is 5.10. The lowest BCUT2D eigenvalue weighted by molar-refractivity contribution is -0.150. The minimum absolute atomic E-state index is 0.207. The normalized spacial score (nSPS) is 11.2. The molecule has 0 aromatic carbocycles. The minimum atomic E-state index is -1.01. The Hall–Kier alpha value is -1.85. The lowest BCUT2D eigenvalue weighted by Gasteiger charge is -2.14. The van der Waals surface area contributed by atoms with E-state index in [1.165, 1.54) is 14.2 Å². The number of methoxy groups -OCH3 is 2. The van der Waals surface area contributed by atoms with Crippen LogP contribution >= 0.6 is 0 Å². The molecule has 0 spiro atoms. The van der Waals surface area contributed by atoms with E-state index < -0.39 is 18.0 Å². The molecule has 0 unspecified atom stereocenters. The number of nitrogens with one attached hydrogen (secondary N) is 1. The van der Waals surface area contributed by atoms with Crippen LogP contribution in [0.3, 0.4) is 0 Å². The largest absolute Gasteiger partial charge is 0.469 e. The van der Waals surface area contributed by atoms with Crippen molar-refractivity contribution in [2.75, 3.05) is 14.2 Å². The molecule has 0 heterocycles. The Morgan fingerprint density at radius 2 is 1.94 bits per heavy atom. The van der Waals surface area contributed by atoms with E-state index in [1.807, 2.05) is 0 Å². The van der Waals surface area contributed by atoms with Crippen molar-refractivity contribution in [3.8, 4) is 0 Å². The van der Waals surface area contributed by atoms with Gasteiger partial charge in [-0.05, 0) is 6.42 Å². The molecule has 1 amide bonds. The number of esters is 2. The summed E-state index contributed by atoms with van der Waals surface area (Å²) < 4.78 is 8.91. The molecule has 0 aliphatic rings. The molecular formula is C11H17NO5. The zero-order chi connectivity index (χ0) is 13.3. The van der Waals surface area contributed by atoms with Crippen molar-refractivity contribution >= 4 is 17.8 Å². The molecule has 17 heavy (non-hydrogen) atoms. The van der Waals surface area contributed by atoms with Crippen LogP contribution in [0.15, 0.2) is 12.7 Å². The van der Waals surface area contributed by atoms with E-state index >= 15 is 0 Å². The van der Waals surface area contributed by atoms with Gasteiger partial charge in [0, 0.05) is 6.42 Å². The second-order valence-electron chi connectivity index (χ2n) is 3.25. The monoisotopic (exact) mass is 243 g/mol. The molecule has 0 rings (SSSR count). The molecule has 0 fully saturated rings. The first-order chi connectivity index (χ1) is 8.04. The average Bonchev–Trinajstić information content (AvgIpc) is 2.34. The SMILES string of the molecule is C=CCCC(=O)N[C@@H](CC(=O)OC)C(=O)OC. The molecule has 6 heteroatoms. The summed E-state index contributed by atoms with van der Waals surface area (Å²) in [5.41, 5.74) is 0. The first kappa shape index (κ1) is 15.2. The van der Waals surface area contributed by atoms with Crippen LogP contribution in [0, 0.1) is 0 Å². The predicted molar refractivity (Wildman–Crippen MR) is 60.0 cm³/mol. The Bertz CT molecular complexity index is 300. The van der Waals surface area contributed by atoms with Gasteiger partial charge < -0.3 is 14.8 Å². The number of hydrogen-bond acceptors (Lipinski definition) is 5. The number of allylic oxidation sites excluding steroid dienone is 1. The number of hydrogen-bond donors (Lipinski definition) is 1. The fourth-order valence-corrected chi connectivity index (χ4v) is 1.09. The molecule has 0 saturated heterocycles. The van der Waals surface area contributed by atoms with Crippen LogP contribution in [0.1, 0.15) is 19.3 Å². The number of ether oxygens (including phenoxy) is 2. The van der Waals surface area contributed by atoms with E-state index in [4.69, 9.17) is 0 Å². The Balaban J connectivity index is 4.37. The highest BCUT2D eigenvalue weighted by atomic mass is 16.5. The van der Waals surface area contributed by atoms with Crippen molar-refractivity contribution < 1.29 is 23.9 Å². The second-order valence-corrected chi connectivity index (χ2v) is 3.25. The van der Waals surface area contributed by atoms with Crippen LogP contribution in [0.4, 0.5) is 0 Å². The minimum Gasteiger partial charge on any atom is -0.469 e. The Morgan fingerprint density at radius 3 is 2.41 bits per heavy atom. The third-order valence-electron chi connectivity index (χ3n) is 1.99. The summed E-state index contributed by atoms with van der Waals surface area (Å²) in [6.07, 6.45) is 2.05. The van der Waals surface area contributed by atoms with Gasteiger partial charge in [0.05, 0.1) is 20.6 Å². The van der Waals surface area contributed by atoms with Crippen LogP contribution < -0.4 is 5.32 Å². The lowest BCUT2D eigenvalue weighted by atomic mass is 10.2. The summed E-state index contributed by atoms with van der Waals surface area (Å²) in [6, 6.07) is -1.01. The molecule has 0 aliphatic heterocycles.